The number of hydrogen-bond donors (Lipinski definition) is 1. The first kappa shape index (κ1) is 18.2. The first-order valence-corrected chi connectivity index (χ1v) is 10.8. The molecule has 0 radical (unpaired) electrons. The van der Waals surface area contributed by atoms with Crippen LogP contribution in [-0.4, -0.2) is 44.3 Å². The van der Waals surface area contributed by atoms with E-state index in [1.54, 1.807) is 6.92 Å². The Bertz CT molecular complexity index is 717. The topological polar surface area (TPSA) is 44.5 Å². The van der Waals surface area contributed by atoms with E-state index in [4.69, 9.17) is 0 Å². The highest BCUT2D eigenvalue weighted by Crippen LogP contribution is 2.23. The molecular formula is C20H30N4OS. The van der Waals surface area contributed by atoms with Crippen LogP contribution >= 0.6 is 11.3 Å². The molecule has 1 atom stereocenters. The second-order valence-corrected chi connectivity index (χ2v) is 8.78. The Morgan fingerprint density at radius 2 is 1.85 bits per heavy atom. The van der Waals surface area contributed by atoms with Crippen molar-refractivity contribution < 1.29 is 5.11 Å². The van der Waals surface area contributed by atoms with Gasteiger partial charge in [-0.25, -0.2) is 0 Å². The number of piperidine rings is 1. The Morgan fingerprint density at radius 3 is 2.65 bits per heavy atom. The highest BCUT2D eigenvalue weighted by molar-refractivity contribution is 7.10. The van der Waals surface area contributed by atoms with E-state index >= 15 is 0 Å². The molecule has 2 aliphatic heterocycles. The van der Waals surface area contributed by atoms with E-state index in [0.29, 0.717) is 0 Å². The minimum absolute atomic E-state index is 0.488. The fourth-order valence-corrected chi connectivity index (χ4v) is 5.00. The summed E-state index contributed by atoms with van der Waals surface area (Å²) in [7, 11) is 0. The molecule has 4 rings (SSSR count). The zero-order valence-electron chi connectivity index (χ0n) is 15.7. The lowest BCUT2D eigenvalue weighted by molar-refractivity contribution is 0.193. The van der Waals surface area contributed by atoms with Gasteiger partial charge in [0, 0.05) is 37.6 Å². The predicted octanol–water partition coefficient (Wildman–Crippen LogP) is 3.39. The van der Waals surface area contributed by atoms with Crippen molar-refractivity contribution in [1.29, 1.82) is 0 Å². The summed E-state index contributed by atoms with van der Waals surface area (Å²) >= 11 is 1.90. The summed E-state index contributed by atoms with van der Waals surface area (Å²) in [4.78, 5) is 6.57. The zero-order valence-corrected chi connectivity index (χ0v) is 16.5. The molecule has 142 valence electrons. The number of hydrogen-bond acceptors (Lipinski definition) is 5. The number of rotatable bonds is 5. The summed E-state index contributed by atoms with van der Waals surface area (Å²) in [6, 6.07) is 4.47. The number of aromatic nitrogens is 2. The van der Waals surface area contributed by atoms with E-state index in [1.807, 2.05) is 11.3 Å². The van der Waals surface area contributed by atoms with E-state index in [2.05, 4.69) is 37.1 Å². The largest absolute Gasteiger partial charge is 0.387 e. The lowest BCUT2D eigenvalue weighted by Crippen LogP contribution is -2.28. The summed E-state index contributed by atoms with van der Waals surface area (Å²) in [5.41, 5.74) is 3.49. The zero-order chi connectivity index (χ0) is 17.9. The van der Waals surface area contributed by atoms with Crippen molar-refractivity contribution in [2.75, 3.05) is 19.6 Å². The highest BCUT2D eigenvalue weighted by Gasteiger charge is 2.19. The molecule has 2 aromatic rings. The molecule has 0 spiro atoms. The molecule has 0 bridgehead atoms. The van der Waals surface area contributed by atoms with Gasteiger partial charge in [0.15, 0.2) is 0 Å². The van der Waals surface area contributed by atoms with Crippen molar-refractivity contribution in [3.05, 3.63) is 39.3 Å². The molecule has 0 aliphatic carbocycles. The van der Waals surface area contributed by atoms with Crippen LogP contribution in [0.25, 0.3) is 0 Å². The van der Waals surface area contributed by atoms with Gasteiger partial charge in [0.2, 0.25) is 0 Å². The van der Waals surface area contributed by atoms with Crippen LogP contribution in [0.2, 0.25) is 0 Å². The summed E-state index contributed by atoms with van der Waals surface area (Å²) < 4.78 is 2.08. The maximum absolute atomic E-state index is 9.79. The minimum atomic E-state index is -0.488. The van der Waals surface area contributed by atoms with E-state index in [0.717, 1.165) is 44.8 Å². The molecular weight excluding hydrogens is 344 g/mol. The van der Waals surface area contributed by atoms with Gasteiger partial charge in [-0.1, -0.05) is 6.42 Å². The van der Waals surface area contributed by atoms with Crippen LogP contribution in [0.15, 0.2) is 17.5 Å². The number of aryl methyl sites for hydroxylation is 1. The summed E-state index contributed by atoms with van der Waals surface area (Å²) in [5, 5.41) is 16.7. The number of aliphatic hydroxyl groups excluding tert-OH is 1. The van der Waals surface area contributed by atoms with Gasteiger partial charge in [-0.3, -0.25) is 14.5 Å². The Balaban J connectivity index is 1.37. The van der Waals surface area contributed by atoms with E-state index < -0.39 is 6.10 Å². The van der Waals surface area contributed by atoms with Gasteiger partial charge in [-0.05, 0) is 62.4 Å². The van der Waals surface area contributed by atoms with Gasteiger partial charge in [0.1, 0.15) is 0 Å². The van der Waals surface area contributed by atoms with E-state index in [-0.39, 0.29) is 0 Å². The monoisotopic (exact) mass is 374 g/mol. The standard InChI is InChI=1S/C20H30N4OS/c1-16(25)20-11-18-13-23(8-5-9-24(18)21-20)14-19-10-17(15-26-19)12-22-6-3-2-4-7-22/h10-11,15-16,25H,2-9,12-14H2,1H3/t16-/m0/s1. The molecule has 2 aromatic heterocycles. The smallest absolute Gasteiger partial charge is 0.0950 e. The van der Waals surface area contributed by atoms with Gasteiger partial charge in [0.25, 0.3) is 0 Å². The third kappa shape index (κ3) is 4.36. The van der Waals surface area contributed by atoms with Gasteiger partial charge in [-0.2, -0.15) is 5.10 Å². The average molecular weight is 375 g/mol. The van der Waals surface area contributed by atoms with Crippen molar-refractivity contribution >= 4 is 11.3 Å². The van der Waals surface area contributed by atoms with Gasteiger partial charge in [0.05, 0.1) is 17.5 Å². The van der Waals surface area contributed by atoms with E-state index in [1.165, 1.54) is 48.5 Å². The number of nitrogens with zero attached hydrogens (tertiary/aromatic N) is 4. The van der Waals surface area contributed by atoms with Crippen LogP contribution in [0.1, 0.15) is 60.5 Å². The SMILES string of the molecule is C[C@H](O)c1cc2n(n1)CCCN(Cc1cc(CN3CCCCC3)cs1)C2. The number of likely N-dealkylation sites (tertiary alicyclic amines) is 1. The molecule has 0 aromatic carbocycles. The molecule has 1 fully saturated rings. The van der Waals surface area contributed by atoms with E-state index in [9.17, 15) is 5.11 Å². The second kappa shape index (κ2) is 8.21. The van der Waals surface area contributed by atoms with Crippen LogP contribution in [-0.2, 0) is 26.2 Å². The van der Waals surface area contributed by atoms with Gasteiger partial charge in [-0.15, -0.1) is 11.3 Å². The fourth-order valence-electron chi connectivity index (χ4n) is 4.08. The first-order chi connectivity index (χ1) is 12.7. The van der Waals surface area contributed by atoms with Gasteiger partial charge < -0.3 is 5.11 Å². The van der Waals surface area contributed by atoms with Crippen LogP contribution in [0.3, 0.4) is 0 Å². The second-order valence-electron chi connectivity index (χ2n) is 7.78. The normalized spacial score (nSPS) is 20.7. The molecule has 26 heavy (non-hydrogen) atoms. The van der Waals surface area contributed by atoms with Crippen molar-refractivity contribution in [2.45, 2.75) is 64.9 Å². The van der Waals surface area contributed by atoms with Crippen molar-refractivity contribution in [3.8, 4) is 0 Å². The van der Waals surface area contributed by atoms with Gasteiger partial charge >= 0.3 is 0 Å². The minimum Gasteiger partial charge on any atom is -0.387 e. The van der Waals surface area contributed by atoms with Crippen LogP contribution in [0.5, 0.6) is 0 Å². The van der Waals surface area contributed by atoms with Crippen LogP contribution in [0, 0.1) is 0 Å². The highest BCUT2D eigenvalue weighted by atomic mass is 32.1. The molecule has 4 heterocycles. The summed E-state index contributed by atoms with van der Waals surface area (Å²) in [6.45, 7) is 9.39. The Kier molecular flexibility index (Phi) is 5.74. The van der Waals surface area contributed by atoms with Crippen molar-refractivity contribution in [3.63, 3.8) is 0 Å². The quantitative estimate of drug-likeness (QED) is 0.871. The Morgan fingerprint density at radius 1 is 1.04 bits per heavy atom. The average Bonchev–Trinajstić information content (AvgIpc) is 3.19. The molecule has 1 saturated heterocycles. The maximum Gasteiger partial charge on any atom is 0.0950 e. The molecule has 0 unspecified atom stereocenters. The summed E-state index contributed by atoms with van der Waals surface area (Å²) in [6.07, 6.45) is 4.73. The third-order valence-electron chi connectivity index (χ3n) is 5.48. The lowest BCUT2D eigenvalue weighted by atomic mass is 10.1. The number of thiophene rings is 1. The van der Waals surface area contributed by atoms with Crippen LogP contribution in [0.4, 0.5) is 0 Å². The third-order valence-corrected chi connectivity index (χ3v) is 6.45. The molecule has 5 nitrogen and oxygen atoms in total. The Hall–Kier alpha value is -1.21. The fraction of sp³-hybridized carbons (Fsp3) is 0.650. The molecule has 1 N–H and O–H groups in total. The molecule has 0 amide bonds. The van der Waals surface area contributed by atoms with Crippen LogP contribution < -0.4 is 0 Å². The van der Waals surface area contributed by atoms with Crippen molar-refractivity contribution in [2.24, 2.45) is 0 Å². The van der Waals surface area contributed by atoms with Crippen molar-refractivity contribution in [1.82, 2.24) is 19.6 Å². The molecule has 0 saturated carbocycles. The predicted molar refractivity (Wildman–Crippen MR) is 105 cm³/mol. The number of aliphatic hydroxyl groups is 1. The maximum atomic E-state index is 9.79. The first-order valence-electron chi connectivity index (χ1n) is 9.93. The summed E-state index contributed by atoms with van der Waals surface area (Å²) in [5.74, 6) is 0. The Labute approximate surface area is 160 Å². The lowest BCUT2D eigenvalue weighted by Gasteiger charge is -2.25. The molecule has 2 aliphatic rings. The molecule has 6 heteroatoms. The number of fused-ring (bicyclic) bond motifs is 1.